The van der Waals surface area contributed by atoms with Gasteiger partial charge in [-0.05, 0) is 111 Å². The Morgan fingerprint density at radius 2 is 1.74 bits per heavy atom. The Bertz CT molecular complexity index is 1190. The molecule has 1 N–H and O–H groups in total. The van der Waals surface area contributed by atoms with Crippen LogP contribution in [-0.4, -0.2) is 42.1 Å². The second-order valence-corrected chi connectivity index (χ2v) is 14.8. The van der Waals surface area contributed by atoms with E-state index in [4.69, 9.17) is 14.2 Å². The molecule has 1 aromatic carbocycles. The Kier molecular flexibility index (Phi) is 8.10. The van der Waals surface area contributed by atoms with Gasteiger partial charge in [-0.1, -0.05) is 45.0 Å². The number of benzene rings is 1. The minimum absolute atomic E-state index is 0.0998. The summed E-state index contributed by atoms with van der Waals surface area (Å²) in [6.07, 6.45) is 12.3. The van der Waals surface area contributed by atoms with Gasteiger partial charge >= 0.3 is 11.9 Å². The number of fused-ring (bicyclic) bond motifs is 5. The number of carbonyl (C=O) groups excluding carboxylic acids is 1. The Balaban J connectivity index is 1.27. The fraction of sp³-hybridized carbons (Fsp3) is 0.722. The van der Waals surface area contributed by atoms with Gasteiger partial charge in [0, 0.05) is 24.3 Å². The van der Waals surface area contributed by atoms with Crippen molar-refractivity contribution in [2.24, 2.45) is 46.3 Å². The average molecular weight is 579 g/mol. The van der Waals surface area contributed by atoms with Crippen molar-refractivity contribution in [1.82, 2.24) is 0 Å². The Hall–Kier alpha value is -2.18. The molecule has 1 spiro atoms. The van der Waals surface area contributed by atoms with E-state index in [1.807, 2.05) is 36.4 Å². The zero-order valence-corrected chi connectivity index (χ0v) is 26.0. The zero-order chi connectivity index (χ0) is 29.7. The van der Waals surface area contributed by atoms with Crippen molar-refractivity contribution in [3.8, 4) is 0 Å². The van der Waals surface area contributed by atoms with E-state index in [1.54, 1.807) is 6.92 Å². The van der Waals surface area contributed by atoms with Crippen molar-refractivity contribution >= 4 is 11.9 Å². The second kappa shape index (κ2) is 11.4. The first-order valence-electron chi connectivity index (χ1n) is 16.5. The monoisotopic (exact) mass is 578 g/mol. The van der Waals surface area contributed by atoms with E-state index >= 15 is 0 Å². The lowest BCUT2D eigenvalue weighted by Crippen LogP contribution is -2.60. The molecule has 4 aliphatic carbocycles. The number of carboxylic acid groups (broad SMARTS) is 1. The minimum Gasteiger partial charge on any atom is -0.478 e. The number of hydrogen-bond acceptors (Lipinski definition) is 5. The summed E-state index contributed by atoms with van der Waals surface area (Å²) in [6, 6.07) is 9.48. The molecular formula is C36H50O6. The largest absolute Gasteiger partial charge is 0.478 e. The third-order valence-corrected chi connectivity index (χ3v) is 12.9. The fourth-order valence-electron chi connectivity index (χ4n) is 10.6. The lowest BCUT2D eigenvalue weighted by atomic mass is 9.43. The maximum absolute atomic E-state index is 13.5. The summed E-state index contributed by atoms with van der Waals surface area (Å²) >= 11 is 0. The molecule has 0 aromatic heterocycles. The highest BCUT2D eigenvalue weighted by atomic mass is 16.7. The van der Waals surface area contributed by atoms with Gasteiger partial charge in [0.2, 0.25) is 0 Å². The third kappa shape index (κ3) is 5.15. The Labute approximate surface area is 251 Å². The van der Waals surface area contributed by atoms with Crippen molar-refractivity contribution in [1.29, 1.82) is 0 Å². The fourth-order valence-corrected chi connectivity index (χ4v) is 10.6. The molecule has 42 heavy (non-hydrogen) atoms. The van der Waals surface area contributed by atoms with Crippen molar-refractivity contribution in [3.05, 3.63) is 47.5 Å². The summed E-state index contributed by atoms with van der Waals surface area (Å²) in [6.45, 7) is 10.5. The highest BCUT2D eigenvalue weighted by Crippen LogP contribution is 2.69. The molecule has 0 amide bonds. The van der Waals surface area contributed by atoms with Gasteiger partial charge in [-0.15, -0.1) is 0 Å². The number of hydrogen-bond donors (Lipinski definition) is 1. The van der Waals surface area contributed by atoms with Gasteiger partial charge in [0.05, 0.1) is 18.8 Å². The molecule has 6 nitrogen and oxygen atoms in total. The number of ether oxygens (including phenoxy) is 3. The first kappa shape index (κ1) is 29.9. The van der Waals surface area contributed by atoms with Crippen LogP contribution < -0.4 is 0 Å². The normalized spacial score (nSPS) is 39.7. The first-order chi connectivity index (χ1) is 20.1. The summed E-state index contributed by atoms with van der Waals surface area (Å²) in [5.74, 6) is 1.48. The predicted molar refractivity (Wildman–Crippen MR) is 161 cm³/mol. The van der Waals surface area contributed by atoms with E-state index < -0.39 is 11.8 Å². The van der Waals surface area contributed by atoms with E-state index in [2.05, 4.69) is 20.8 Å². The smallest absolute Gasteiger partial charge is 0.338 e. The molecule has 7 unspecified atom stereocenters. The third-order valence-electron chi connectivity index (χ3n) is 12.9. The first-order valence-corrected chi connectivity index (χ1v) is 16.5. The predicted octanol–water partition coefficient (Wildman–Crippen LogP) is 7.67. The molecule has 4 saturated carbocycles. The van der Waals surface area contributed by atoms with Crippen molar-refractivity contribution in [3.63, 3.8) is 0 Å². The van der Waals surface area contributed by atoms with Gasteiger partial charge in [0.15, 0.2) is 5.79 Å². The zero-order valence-electron chi connectivity index (χ0n) is 26.0. The van der Waals surface area contributed by atoms with E-state index in [0.29, 0.717) is 59.9 Å². The molecule has 1 aromatic rings. The van der Waals surface area contributed by atoms with Crippen LogP contribution in [0, 0.1) is 46.3 Å². The average Bonchev–Trinajstić information content (AvgIpc) is 3.58. The molecule has 230 valence electrons. The molecule has 0 radical (unpaired) electrons. The quantitative estimate of drug-likeness (QED) is 0.264. The summed E-state index contributed by atoms with van der Waals surface area (Å²) in [5.41, 5.74) is 1.48. The summed E-state index contributed by atoms with van der Waals surface area (Å²) < 4.78 is 19.0. The van der Waals surface area contributed by atoms with Crippen molar-refractivity contribution in [2.75, 3.05) is 13.2 Å². The van der Waals surface area contributed by atoms with Gasteiger partial charge in [-0.25, -0.2) is 9.59 Å². The van der Waals surface area contributed by atoms with Gasteiger partial charge in [0.25, 0.3) is 0 Å². The highest BCUT2D eigenvalue weighted by molar-refractivity contribution is 5.89. The molecule has 5 fully saturated rings. The minimum atomic E-state index is -0.825. The maximum Gasteiger partial charge on any atom is 0.338 e. The van der Waals surface area contributed by atoms with E-state index in [1.165, 1.54) is 25.7 Å². The van der Waals surface area contributed by atoms with Crippen LogP contribution >= 0.6 is 0 Å². The molecular weight excluding hydrogens is 528 g/mol. The maximum atomic E-state index is 13.5. The summed E-state index contributed by atoms with van der Waals surface area (Å²) in [7, 11) is 0. The van der Waals surface area contributed by atoms with E-state index in [0.717, 1.165) is 38.5 Å². The van der Waals surface area contributed by atoms with Gasteiger partial charge in [-0.3, -0.25) is 0 Å². The number of esters is 1. The summed E-state index contributed by atoms with van der Waals surface area (Å²) in [4.78, 5) is 24.8. The SMILES string of the molecule is C/C(=C\CC[C@@H](C)C1CCC2C3C(OC(=O)c4ccccc4)C[C@H]4CC5(CCC4(C)C3CCC21C)OCCO5)C(=O)O. The Morgan fingerprint density at radius 1 is 1.02 bits per heavy atom. The number of carbonyl (C=O) groups is 2. The standard InChI is InChI=1S/C36H50O6/c1-23(9-8-10-24(2)32(37)38)27-13-14-28-31-29(15-16-35(27,28)4)34(3)17-18-36(40-19-20-41-36)22-26(34)21-30(31)42-33(39)25-11-6-5-7-12-25/h5-7,10-12,23,26-31H,8-9,13-22H2,1-4H3,(H,37,38)/b24-10+/t23-,26+,27?,28?,29?,30?,31?,34?,35?/m1/s1. The number of rotatable bonds is 7. The number of carboxylic acids is 1. The van der Waals surface area contributed by atoms with Crippen molar-refractivity contribution in [2.45, 2.75) is 104 Å². The molecule has 1 saturated heterocycles. The van der Waals surface area contributed by atoms with Gasteiger partial charge in [-0.2, -0.15) is 0 Å². The van der Waals surface area contributed by atoms with Crippen LogP contribution in [0.2, 0.25) is 0 Å². The van der Waals surface area contributed by atoms with Crippen LogP contribution in [0.5, 0.6) is 0 Å². The van der Waals surface area contributed by atoms with Crippen LogP contribution in [0.25, 0.3) is 0 Å². The molecule has 6 heteroatoms. The molecule has 5 aliphatic rings. The van der Waals surface area contributed by atoms with Gasteiger partial charge in [0.1, 0.15) is 6.10 Å². The molecule has 0 bridgehead atoms. The molecule has 9 atom stereocenters. The van der Waals surface area contributed by atoms with E-state index in [-0.39, 0.29) is 22.9 Å². The second-order valence-electron chi connectivity index (χ2n) is 14.8. The molecule has 1 aliphatic heterocycles. The van der Waals surface area contributed by atoms with Crippen molar-refractivity contribution < 1.29 is 28.9 Å². The van der Waals surface area contributed by atoms with Crippen LogP contribution in [-0.2, 0) is 19.0 Å². The lowest BCUT2D eigenvalue weighted by molar-refractivity contribution is -0.242. The van der Waals surface area contributed by atoms with Gasteiger partial charge < -0.3 is 19.3 Å². The highest BCUT2D eigenvalue weighted by Gasteiger charge is 2.65. The van der Waals surface area contributed by atoms with Crippen LogP contribution in [0.1, 0.15) is 102 Å². The van der Waals surface area contributed by atoms with Crippen LogP contribution in [0.4, 0.5) is 0 Å². The number of aliphatic carboxylic acids is 1. The van der Waals surface area contributed by atoms with Crippen LogP contribution in [0.3, 0.4) is 0 Å². The Morgan fingerprint density at radius 3 is 2.45 bits per heavy atom. The molecule has 6 rings (SSSR count). The molecule has 1 heterocycles. The summed E-state index contributed by atoms with van der Waals surface area (Å²) in [5, 5.41) is 9.27. The topological polar surface area (TPSA) is 82.1 Å². The number of allylic oxidation sites excluding steroid dienone is 1. The van der Waals surface area contributed by atoms with Crippen LogP contribution in [0.15, 0.2) is 42.0 Å². The lowest BCUT2D eigenvalue weighted by Gasteiger charge is -2.63. The van der Waals surface area contributed by atoms with E-state index in [9.17, 15) is 14.7 Å².